The first-order valence-electron chi connectivity index (χ1n) is 8.81. The normalized spacial score (nSPS) is 10.8. The summed E-state index contributed by atoms with van der Waals surface area (Å²) in [7, 11) is 0. The van der Waals surface area contributed by atoms with Gasteiger partial charge in [-0.2, -0.15) is 10.2 Å². The maximum absolute atomic E-state index is 12.5. The highest BCUT2D eigenvalue weighted by atomic mass is 16.1. The first-order chi connectivity index (χ1) is 13.6. The number of rotatable bonds is 5. The van der Waals surface area contributed by atoms with E-state index < -0.39 is 0 Å². The number of amides is 1. The molecular formula is C20H19N7O. The van der Waals surface area contributed by atoms with Gasteiger partial charge in [0.2, 0.25) is 0 Å². The molecule has 0 spiro atoms. The van der Waals surface area contributed by atoms with E-state index in [1.54, 1.807) is 34.0 Å². The van der Waals surface area contributed by atoms with Gasteiger partial charge in [-0.3, -0.25) is 4.79 Å². The zero-order valence-electron chi connectivity index (χ0n) is 15.6. The van der Waals surface area contributed by atoms with Crippen molar-refractivity contribution in [2.75, 3.05) is 5.32 Å². The van der Waals surface area contributed by atoms with Gasteiger partial charge in [0.15, 0.2) is 5.82 Å². The number of aromatic nitrogens is 6. The molecular weight excluding hydrogens is 354 g/mol. The molecule has 8 nitrogen and oxygen atoms in total. The standard InChI is InChI=1S/C20H19N7O/c1-14-9-15(2)27(25-14)19-8-7-18(10-22-19)24-20(28)17-5-3-16(4-6-17)11-26-13-21-12-23-26/h3-10,12-13H,11H2,1-2H3,(H,24,28). The van der Waals surface area contributed by atoms with Gasteiger partial charge >= 0.3 is 0 Å². The third-order valence-electron chi connectivity index (χ3n) is 4.26. The maximum Gasteiger partial charge on any atom is 0.255 e. The molecule has 0 fully saturated rings. The molecule has 4 aromatic rings. The molecule has 0 bridgehead atoms. The molecule has 0 atom stereocenters. The number of carbonyl (C=O) groups is 1. The molecule has 0 aliphatic rings. The highest BCUT2D eigenvalue weighted by Crippen LogP contribution is 2.14. The summed E-state index contributed by atoms with van der Waals surface area (Å²) in [5.74, 6) is 0.522. The molecule has 1 N–H and O–H groups in total. The van der Waals surface area contributed by atoms with Crippen LogP contribution >= 0.6 is 0 Å². The van der Waals surface area contributed by atoms with Crippen LogP contribution in [0.3, 0.4) is 0 Å². The minimum Gasteiger partial charge on any atom is -0.321 e. The third kappa shape index (κ3) is 3.80. The number of aryl methyl sites for hydroxylation is 2. The second-order valence-electron chi connectivity index (χ2n) is 6.49. The van der Waals surface area contributed by atoms with Crippen molar-refractivity contribution in [1.82, 2.24) is 29.5 Å². The average Bonchev–Trinajstić information content (AvgIpc) is 3.32. The number of carbonyl (C=O) groups excluding carboxylic acids is 1. The van der Waals surface area contributed by atoms with Crippen LogP contribution in [0.2, 0.25) is 0 Å². The zero-order valence-corrected chi connectivity index (χ0v) is 15.6. The molecule has 0 radical (unpaired) electrons. The van der Waals surface area contributed by atoms with Crippen LogP contribution in [0.5, 0.6) is 0 Å². The van der Waals surface area contributed by atoms with E-state index in [0.717, 1.165) is 17.0 Å². The number of hydrogen-bond acceptors (Lipinski definition) is 5. The Labute approximate surface area is 161 Å². The van der Waals surface area contributed by atoms with E-state index in [2.05, 4.69) is 25.5 Å². The topological polar surface area (TPSA) is 90.5 Å². The molecule has 3 heterocycles. The van der Waals surface area contributed by atoms with Crippen LogP contribution < -0.4 is 5.32 Å². The van der Waals surface area contributed by atoms with Crippen LogP contribution in [0.4, 0.5) is 5.69 Å². The lowest BCUT2D eigenvalue weighted by atomic mass is 10.1. The fourth-order valence-electron chi connectivity index (χ4n) is 2.91. The van der Waals surface area contributed by atoms with Gasteiger partial charge in [0, 0.05) is 11.3 Å². The number of pyridine rings is 1. The van der Waals surface area contributed by atoms with Crippen LogP contribution in [-0.2, 0) is 6.54 Å². The minimum atomic E-state index is -0.187. The van der Waals surface area contributed by atoms with Crippen molar-refractivity contribution in [3.05, 3.63) is 83.8 Å². The van der Waals surface area contributed by atoms with E-state index in [0.29, 0.717) is 23.6 Å². The van der Waals surface area contributed by atoms with Crippen molar-refractivity contribution >= 4 is 11.6 Å². The van der Waals surface area contributed by atoms with Crippen molar-refractivity contribution in [2.45, 2.75) is 20.4 Å². The maximum atomic E-state index is 12.5. The number of nitrogens with zero attached hydrogens (tertiary/aromatic N) is 6. The lowest BCUT2D eigenvalue weighted by Crippen LogP contribution is -2.12. The van der Waals surface area contributed by atoms with Crippen molar-refractivity contribution in [3.63, 3.8) is 0 Å². The van der Waals surface area contributed by atoms with Gasteiger partial charge < -0.3 is 5.32 Å². The molecule has 1 amide bonds. The van der Waals surface area contributed by atoms with E-state index in [1.807, 2.05) is 44.2 Å². The fraction of sp³-hybridized carbons (Fsp3) is 0.150. The highest BCUT2D eigenvalue weighted by Gasteiger charge is 2.09. The Hall–Kier alpha value is -3.81. The van der Waals surface area contributed by atoms with Crippen molar-refractivity contribution in [3.8, 4) is 5.82 Å². The van der Waals surface area contributed by atoms with Crippen LogP contribution in [-0.4, -0.2) is 35.4 Å². The molecule has 0 unspecified atom stereocenters. The molecule has 0 saturated carbocycles. The van der Waals surface area contributed by atoms with Crippen molar-refractivity contribution < 1.29 is 4.79 Å². The molecule has 3 aromatic heterocycles. The zero-order chi connectivity index (χ0) is 19.5. The summed E-state index contributed by atoms with van der Waals surface area (Å²) in [6.07, 6.45) is 4.78. The van der Waals surface area contributed by atoms with E-state index in [9.17, 15) is 4.79 Å². The predicted molar refractivity (Wildman–Crippen MR) is 104 cm³/mol. The molecule has 140 valence electrons. The largest absolute Gasteiger partial charge is 0.321 e. The van der Waals surface area contributed by atoms with Crippen LogP contribution in [0.15, 0.2) is 61.3 Å². The van der Waals surface area contributed by atoms with Gasteiger partial charge in [0.25, 0.3) is 5.91 Å². The first kappa shape index (κ1) is 17.6. The Kier molecular flexibility index (Phi) is 4.67. The lowest BCUT2D eigenvalue weighted by molar-refractivity contribution is 0.102. The van der Waals surface area contributed by atoms with Gasteiger partial charge in [-0.1, -0.05) is 12.1 Å². The Bertz CT molecular complexity index is 1080. The molecule has 28 heavy (non-hydrogen) atoms. The second kappa shape index (κ2) is 7.43. The smallest absolute Gasteiger partial charge is 0.255 e. The monoisotopic (exact) mass is 373 g/mol. The number of anilines is 1. The minimum absolute atomic E-state index is 0.187. The fourth-order valence-corrected chi connectivity index (χ4v) is 2.91. The first-order valence-corrected chi connectivity index (χ1v) is 8.81. The Morgan fingerprint density at radius 2 is 1.93 bits per heavy atom. The molecule has 1 aromatic carbocycles. The second-order valence-corrected chi connectivity index (χ2v) is 6.49. The summed E-state index contributed by atoms with van der Waals surface area (Å²) in [5, 5.41) is 11.3. The van der Waals surface area contributed by atoms with E-state index in [1.165, 1.54) is 6.33 Å². The van der Waals surface area contributed by atoms with E-state index in [-0.39, 0.29) is 5.91 Å². The van der Waals surface area contributed by atoms with Gasteiger partial charge in [-0.25, -0.2) is 19.3 Å². The lowest BCUT2D eigenvalue weighted by Gasteiger charge is -2.08. The molecule has 0 aliphatic carbocycles. The Morgan fingerprint density at radius 1 is 1.11 bits per heavy atom. The van der Waals surface area contributed by atoms with Crippen LogP contribution in [0.25, 0.3) is 5.82 Å². The summed E-state index contributed by atoms with van der Waals surface area (Å²) in [6, 6.07) is 13.0. The predicted octanol–water partition coefficient (Wildman–Crippen LogP) is 2.78. The van der Waals surface area contributed by atoms with E-state index >= 15 is 0 Å². The SMILES string of the molecule is Cc1cc(C)n(-c2ccc(NC(=O)c3ccc(Cn4cncn4)cc3)cn2)n1. The number of nitrogens with one attached hydrogen (secondary N) is 1. The summed E-state index contributed by atoms with van der Waals surface area (Å²) < 4.78 is 3.50. The molecule has 0 aliphatic heterocycles. The van der Waals surface area contributed by atoms with E-state index in [4.69, 9.17) is 0 Å². The Morgan fingerprint density at radius 3 is 2.54 bits per heavy atom. The van der Waals surface area contributed by atoms with Gasteiger partial charge in [0.1, 0.15) is 12.7 Å². The molecule has 8 heteroatoms. The number of benzene rings is 1. The summed E-state index contributed by atoms with van der Waals surface area (Å²) in [5.41, 5.74) is 4.18. The van der Waals surface area contributed by atoms with Gasteiger partial charge in [-0.15, -0.1) is 0 Å². The summed E-state index contributed by atoms with van der Waals surface area (Å²) in [6.45, 7) is 4.53. The van der Waals surface area contributed by atoms with Crippen molar-refractivity contribution in [2.24, 2.45) is 0 Å². The quantitative estimate of drug-likeness (QED) is 0.581. The van der Waals surface area contributed by atoms with Gasteiger partial charge in [-0.05, 0) is 49.7 Å². The number of hydrogen-bond donors (Lipinski definition) is 1. The molecule has 4 rings (SSSR count). The van der Waals surface area contributed by atoms with Crippen molar-refractivity contribution in [1.29, 1.82) is 0 Å². The average molecular weight is 373 g/mol. The molecule has 0 saturated heterocycles. The van der Waals surface area contributed by atoms with Crippen LogP contribution in [0.1, 0.15) is 27.3 Å². The Balaban J connectivity index is 1.42. The highest BCUT2D eigenvalue weighted by molar-refractivity contribution is 6.04. The summed E-state index contributed by atoms with van der Waals surface area (Å²) in [4.78, 5) is 20.8. The summed E-state index contributed by atoms with van der Waals surface area (Å²) >= 11 is 0. The van der Waals surface area contributed by atoms with Gasteiger partial charge in [0.05, 0.1) is 24.1 Å². The third-order valence-corrected chi connectivity index (χ3v) is 4.26. The van der Waals surface area contributed by atoms with Crippen LogP contribution in [0, 0.1) is 13.8 Å².